The molecule has 4 aliphatic rings. The number of piperidine rings is 1. The third-order valence-electron chi connectivity index (χ3n) is 13.3. The maximum Gasteiger partial charge on any atom is 0.312 e. The van der Waals surface area contributed by atoms with Gasteiger partial charge in [0.25, 0.3) is 11.8 Å². The number of nitrogens with two attached hydrogens (primary N) is 1. The van der Waals surface area contributed by atoms with Gasteiger partial charge >= 0.3 is 6.03 Å². The molecule has 1 saturated carbocycles. The van der Waals surface area contributed by atoms with Gasteiger partial charge in [-0.15, -0.1) is 0 Å². The zero-order valence-electron chi connectivity index (χ0n) is 38.8. The van der Waals surface area contributed by atoms with E-state index in [1.54, 1.807) is 59.5 Å². The van der Waals surface area contributed by atoms with Crippen LogP contribution in [0.15, 0.2) is 84.6 Å². The molecule has 3 aromatic carbocycles. The Labute approximate surface area is 408 Å². The lowest BCUT2D eigenvalue weighted by Crippen LogP contribution is -2.54. The molecule has 4 aromatic rings. The smallest absolute Gasteiger partial charge is 0.312 e. The number of aromatic amines is 1. The lowest BCUT2D eigenvalue weighted by Gasteiger charge is -2.29. The Morgan fingerprint density at radius 3 is 2.36 bits per heavy atom. The van der Waals surface area contributed by atoms with Crippen molar-refractivity contribution < 1.29 is 43.2 Å². The molecule has 70 heavy (non-hydrogen) atoms. The minimum Gasteiger partial charge on any atom is -0.355 e. The summed E-state index contributed by atoms with van der Waals surface area (Å²) in [5.74, 6) is -2.63. The molecule has 366 valence electrons. The number of benzene rings is 3. The van der Waals surface area contributed by atoms with Gasteiger partial charge in [-0.2, -0.15) is 12.6 Å². The summed E-state index contributed by atoms with van der Waals surface area (Å²) in [7, 11) is 0. The largest absolute Gasteiger partial charge is 0.355 e. The highest BCUT2D eigenvalue weighted by Gasteiger charge is 2.67. The average Bonchev–Trinajstić information content (AvgIpc) is 3.57. The van der Waals surface area contributed by atoms with Gasteiger partial charge < -0.3 is 47.5 Å². The summed E-state index contributed by atoms with van der Waals surface area (Å²) in [6, 6.07) is 18.3. The highest BCUT2D eigenvalue weighted by molar-refractivity contribution is 7.81. The van der Waals surface area contributed by atoms with E-state index in [-0.39, 0.29) is 92.1 Å². The van der Waals surface area contributed by atoms with Gasteiger partial charge in [0.2, 0.25) is 29.5 Å². The van der Waals surface area contributed by atoms with E-state index in [0.29, 0.717) is 58.5 Å². The van der Waals surface area contributed by atoms with Crippen LogP contribution >= 0.6 is 12.6 Å². The summed E-state index contributed by atoms with van der Waals surface area (Å²) < 4.78 is 0. The number of H-pyrrole nitrogens is 1. The summed E-state index contributed by atoms with van der Waals surface area (Å²) in [6.45, 7) is 4.91. The molecule has 20 heteroatoms. The Hall–Kier alpha value is -7.32. The number of anilines is 2. The zero-order chi connectivity index (χ0) is 49.9. The van der Waals surface area contributed by atoms with E-state index >= 15 is 0 Å². The quantitative estimate of drug-likeness (QED) is 0.0354. The first kappa shape index (κ1) is 49.1. The number of amides is 9. The number of nitrogens with one attached hydrogen (secondary N) is 7. The number of rotatable bonds is 20. The number of ketones is 1. The molecule has 9 N–H and O–H groups in total. The molecule has 0 bridgehead atoms. The van der Waals surface area contributed by atoms with Gasteiger partial charge in [-0.3, -0.25) is 43.3 Å². The number of thiol groups is 1. The normalized spacial score (nSPS) is 19.7. The van der Waals surface area contributed by atoms with Gasteiger partial charge in [0.15, 0.2) is 5.78 Å². The van der Waals surface area contributed by atoms with Crippen molar-refractivity contribution in [2.45, 2.75) is 75.1 Å². The maximum atomic E-state index is 13.9. The van der Waals surface area contributed by atoms with Crippen molar-refractivity contribution in [3.8, 4) is 0 Å². The number of allylic oxidation sites excluding steroid dienone is 2. The maximum absolute atomic E-state index is 13.9. The predicted molar refractivity (Wildman–Crippen MR) is 263 cm³/mol. The van der Waals surface area contributed by atoms with E-state index in [1.165, 1.54) is 0 Å². The van der Waals surface area contributed by atoms with Crippen molar-refractivity contribution in [2.75, 3.05) is 43.4 Å². The summed E-state index contributed by atoms with van der Waals surface area (Å²) in [5, 5.41) is 16.9. The van der Waals surface area contributed by atoms with Crippen LogP contribution in [0, 0.1) is 11.8 Å². The first-order valence-electron chi connectivity index (χ1n) is 23.4. The number of aromatic nitrogens is 1. The van der Waals surface area contributed by atoms with E-state index in [9.17, 15) is 43.2 Å². The van der Waals surface area contributed by atoms with Crippen molar-refractivity contribution >= 4 is 88.1 Å². The molecule has 2 aliphatic heterocycles. The molecule has 5 atom stereocenters. The fourth-order valence-electron chi connectivity index (χ4n) is 9.68. The van der Waals surface area contributed by atoms with Gasteiger partial charge in [-0.25, -0.2) is 4.79 Å². The number of likely N-dealkylation sites (tertiary alicyclic amines) is 2. The number of urea groups is 1. The monoisotopic (exact) mass is 972 g/mol. The minimum atomic E-state index is -1.03. The molecule has 19 nitrogen and oxygen atoms in total. The fraction of sp³-hybridized carbons (Fsp3) is 0.380. The molecule has 3 fully saturated rings. The van der Waals surface area contributed by atoms with Gasteiger partial charge in [-0.05, 0) is 91.6 Å². The second-order valence-electron chi connectivity index (χ2n) is 18.5. The van der Waals surface area contributed by atoms with Gasteiger partial charge in [-0.1, -0.05) is 38.1 Å². The number of carbonyl (C=O) groups excluding carboxylic acids is 9. The molecule has 1 aromatic heterocycles. The van der Waals surface area contributed by atoms with Gasteiger partial charge in [0.1, 0.15) is 11.7 Å². The zero-order valence-corrected chi connectivity index (χ0v) is 39.7. The fourth-order valence-corrected chi connectivity index (χ4v) is 9.98. The lowest BCUT2D eigenvalue weighted by molar-refractivity contribution is -0.138. The van der Waals surface area contributed by atoms with E-state index in [1.807, 2.05) is 38.1 Å². The van der Waals surface area contributed by atoms with Crippen LogP contribution < -0.4 is 37.6 Å². The first-order valence-corrected chi connectivity index (χ1v) is 23.9. The Bertz CT molecular complexity index is 2810. The molecular formula is C50H56N10O9S. The molecule has 2 unspecified atom stereocenters. The molecule has 2 aliphatic carbocycles. The number of carbonyl (C=O) groups is 9. The molecular weight excluding hydrogens is 917 g/mol. The van der Waals surface area contributed by atoms with Crippen LogP contribution in [0.2, 0.25) is 0 Å². The Morgan fingerprint density at radius 2 is 1.63 bits per heavy atom. The van der Waals surface area contributed by atoms with Gasteiger partial charge in [0.05, 0.1) is 11.3 Å². The van der Waals surface area contributed by atoms with Crippen LogP contribution in [0.4, 0.5) is 16.2 Å². The molecule has 3 heterocycles. The third-order valence-corrected chi connectivity index (χ3v) is 13.7. The summed E-state index contributed by atoms with van der Waals surface area (Å²) in [4.78, 5) is 121. The second kappa shape index (κ2) is 20.7. The van der Waals surface area contributed by atoms with Gasteiger partial charge in [0, 0.05) is 96.2 Å². The van der Waals surface area contributed by atoms with Crippen molar-refractivity contribution in [1.29, 1.82) is 0 Å². The number of hydrogen-bond donors (Lipinski definition) is 9. The van der Waals surface area contributed by atoms with Crippen LogP contribution in [-0.2, 0) is 29.4 Å². The molecule has 0 radical (unpaired) electrons. The summed E-state index contributed by atoms with van der Waals surface area (Å²) in [5.41, 5.74) is 9.58. The molecule has 8 rings (SSSR count). The van der Waals surface area contributed by atoms with Crippen LogP contribution in [-0.4, -0.2) is 118 Å². The lowest BCUT2D eigenvalue weighted by atomic mass is 9.81. The topological polar surface area (TPSA) is 274 Å². The molecule has 9 amide bonds. The molecule has 2 saturated heterocycles. The summed E-state index contributed by atoms with van der Waals surface area (Å²) >= 11 is 4.11. The predicted octanol–water partition coefficient (Wildman–Crippen LogP) is 3.35. The SMILES string of the molecule is CC(C)[C@H](NCCNC(=O)CCCN1C(=O)CC(S)C1=O)C(=O)N[C@@H](CCCNC(N)=O)C(=O)Nc1ccc(C(=O)Nc2ccc3[nH]c(C(=O)N4C[C@H]5CC56C4=CC(=O)c4ccccc46)cc3c2)cc1. The van der Waals surface area contributed by atoms with E-state index in [4.69, 9.17) is 5.73 Å². The average molecular weight is 973 g/mol. The van der Waals surface area contributed by atoms with Crippen molar-refractivity contribution in [3.63, 3.8) is 0 Å². The Kier molecular flexibility index (Phi) is 14.5. The number of nitrogens with zero attached hydrogens (tertiary/aromatic N) is 2. The van der Waals surface area contributed by atoms with Crippen LogP contribution in [0.1, 0.15) is 89.1 Å². The second-order valence-corrected chi connectivity index (χ2v) is 19.1. The highest BCUT2D eigenvalue weighted by Crippen LogP contribution is 2.66. The standard InChI is InChI=1S/C50H56N10O9S/c1-27(2)43(53-19-18-52-41(62)10-6-20-59-42(63)24-39(70)48(59)68)46(66)58-36(9-5-17-54-49(51)69)45(65)55-31-13-11-28(12-14-31)44(64)56-32-15-16-35-29(21-32)22-37(57-35)47(67)60-26-30-25-50(30)34-8-4-3-7-33(34)38(61)23-40(50)60/h3-4,7-8,11-16,21-23,27,30,36,39,43,53,57,70H,5-6,9-10,17-20,24-26H2,1-2H3,(H,52,62)(H,55,65)(H,56,64)(H,58,66)(H3,51,54,69)/t30-,36+,39?,43+,50?/m1/s1. The highest BCUT2D eigenvalue weighted by atomic mass is 32.1. The number of imide groups is 1. The summed E-state index contributed by atoms with van der Waals surface area (Å²) in [6.07, 6.45) is 3.42. The Balaban J connectivity index is 0.831. The van der Waals surface area contributed by atoms with Crippen LogP contribution in [0.3, 0.4) is 0 Å². The Morgan fingerprint density at radius 1 is 0.871 bits per heavy atom. The van der Waals surface area contributed by atoms with E-state index in [0.717, 1.165) is 22.6 Å². The van der Waals surface area contributed by atoms with E-state index in [2.05, 4.69) is 49.5 Å². The van der Waals surface area contributed by atoms with Crippen LogP contribution in [0.25, 0.3) is 10.9 Å². The molecule has 1 spiro atoms. The van der Waals surface area contributed by atoms with Crippen molar-refractivity contribution in [1.82, 2.24) is 36.1 Å². The number of hydrogen-bond acceptors (Lipinski definition) is 11. The van der Waals surface area contributed by atoms with E-state index < -0.39 is 41.1 Å². The number of fused-ring (bicyclic) bond motifs is 2. The van der Waals surface area contributed by atoms with Crippen molar-refractivity contribution in [2.24, 2.45) is 17.6 Å². The van der Waals surface area contributed by atoms with Crippen LogP contribution in [0.5, 0.6) is 0 Å². The van der Waals surface area contributed by atoms with Crippen molar-refractivity contribution in [3.05, 3.63) is 107 Å². The third kappa shape index (κ3) is 10.5. The number of primary amides is 1. The minimum absolute atomic E-state index is 0.0476. The first-order chi connectivity index (χ1) is 33.5.